The van der Waals surface area contributed by atoms with Crippen LogP contribution in [0.25, 0.3) is 0 Å². The minimum atomic E-state index is -0.0141. The van der Waals surface area contributed by atoms with E-state index < -0.39 is 0 Å². The maximum absolute atomic E-state index is 14.3. The van der Waals surface area contributed by atoms with Gasteiger partial charge in [0.1, 0.15) is 24.7 Å². The van der Waals surface area contributed by atoms with Crippen molar-refractivity contribution in [3.05, 3.63) is 136 Å². The maximum Gasteiger partial charge on any atom is 0.260 e. The fourth-order valence-corrected chi connectivity index (χ4v) is 10.7. The molecule has 0 saturated carbocycles. The molecule has 72 heavy (non-hydrogen) atoms. The van der Waals surface area contributed by atoms with Crippen LogP contribution in [0.2, 0.25) is 0 Å². The van der Waals surface area contributed by atoms with E-state index in [4.69, 9.17) is 28.4 Å². The van der Waals surface area contributed by atoms with Crippen molar-refractivity contribution in [1.29, 1.82) is 0 Å². The highest BCUT2D eigenvalue weighted by Crippen LogP contribution is 2.42. The van der Waals surface area contributed by atoms with Gasteiger partial charge in [-0.3, -0.25) is 14.4 Å². The number of carbonyl (C=O) groups excluding carboxylic acids is 3. The summed E-state index contributed by atoms with van der Waals surface area (Å²) < 4.78 is 36.1. The van der Waals surface area contributed by atoms with Gasteiger partial charge in [0, 0.05) is 74.9 Å². The summed E-state index contributed by atoms with van der Waals surface area (Å²) in [5.41, 5.74) is 11.1. The third-order valence-corrected chi connectivity index (χ3v) is 14.3. The van der Waals surface area contributed by atoms with Crippen molar-refractivity contribution in [3.63, 3.8) is 0 Å². The number of methoxy groups -OCH3 is 2. The zero-order valence-corrected chi connectivity index (χ0v) is 42.5. The van der Waals surface area contributed by atoms with Crippen LogP contribution in [0.5, 0.6) is 17.2 Å². The standard InChI is InChI=1S/C58H69N5O9/c1-6-59-35-48(64)14-11-19-61(20-21-69-24-25-70-23-22-67-4)46-28-40(37-71-54-34-53-50(26-39(54)2)58(66)63-47(36-60(53)3)31-44-13-8-10-16-52(44)63)27-41(29-46)38-72-56-32-42-17-18-45-30-43-12-7-9-15-51(43)62(45)57(65)49(42)33-55(56)68-5/h7-10,12-13,15-16,26-29,32-34,45,47,59H,6,11,14,17-25,30-31,35-38H2,1-5H3/t45-,47+/m1/s1. The predicted octanol–water partition coefficient (Wildman–Crippen LogP) is 8.15. The fourth-order valence-electron chi connectivity index (χ4n) is 10.7. The normalized spacial score (nSPS) is 16.5. The lowest BCUT2D eigenvalue weighted by atomic mass is 9.99. The molecule has 14 heteroatoms. The number of nitrogens with one attached hydrogen (secondary N) is 1. The SMILES string of the molecule is CCNCC(=O)CCCN(CCOCCOCCOC)c1cc(COc2cc3c(cc2C)C(=O)N2c4ccccc4C[C@H]2CN3C)cc(COc2cc3c(cc2OC)C(=O)N2c4ccccc4C[C@H]2CC3)c1. The monoisotopic (exact) mass is 980 g/mol. The first kappa shape index (κ1) is 50.5. The Bertz CT molecular complexity index is 2750. The Hall–Kier alpha value is -6.45. The zero-order chi connectivity index (χ0) is 50.1. The summed E-state index contributed by atoms with van der Waals surface area (Å²) in [6.07, 6.45) is 4.35. The molecule has 4 aliphatic heterocycles. The van der Waals surface area contributed by atoms with Crippen LogP contribution in [-0.4, -0.2) is 117 Å². The number of ether oxygens (including phenoxy) is 6. The van der Waals surface area contributed by atoms with Crippen LogP contribution in [0, 0.1) is 6.92 Å². The Kier molecular flexibility index (Phi) is 16.4. The number of anilines is 4. The van der Waals surface area contributed by atoms with E-state index in [1.54, 1.807) is 14.2 Å². The molecule has 0 fully saturated rings. The van der Waals surface area contributed by atoms with E-state index in [0.29, 0.717) is 100 Å². The molecule has 2 atom stereocenters. The first-order chi connectivity index (χ1) is 35.1. The van der Waals surface area contributed by atoms with Gasteiger partial charge in [-0.05, 0) is 127 Å². The van der Waals surface area contributed by atoms with Gasteiger partial charge in [0.05, 0.1) is 64.0 Å². The number of carbonyl (C=O) groups is 3. The van der Waals surface area contributed by atoms with E-state index in [1.807, 2.05) is 91.4 Å². The quantitative estimate of drug-likeness (QED) is 0.0599. The molecule has 0 aliphatic carbocycles. The molecule has 9 rings (SSSR count). The van der Waals surface area contributed by atoms with Gasteiger partial charge in [0.2, 0.25) is 0 Å². The molecule has 0 bridgehead atoms. The average Bonchev–Trinajstić information content (AvgIpc) is 3.89. The van der Waals surface area contributed by atoms with Gasteiger partial charge < -0.3 is 53.3 Å². The Morgan fingerprint density at radius 3 is 2.06 bits per heavy atom. The van der Waals surface area contributed by atoms with Crippen LogP contribution in [0.15, 0.2) is 91.0 Å². The molecule has 0 aromatic heterocycles. The van der Waals surface area contributed by atoms with Gasteiger partial charge in [0.25, 0.3) is 11.8 Å². The highest BCUT2D eigenvalue weighted by atomic mass is 16.5. The average molecular weight is 980 g/mol. The van der Waals surface area contributed by atoms with Crippen LogP contribution in [0.3, 0.4) is 0 Å². The maximum atomic E-state index is 14.3. The molecule has 4 heterocycles. The molecule has 0 spiro atoms. The third-order valence-electron chi connectivity index (χ3n) is 14.3. The Morgan fingerprint density at radius 2 is 1.35 bits per heavy atom. The fraction of sp³-hybridized carbons (Fsp3) is 0.431. The number of para-hydroxylation sites is 2. The predicted molar refractivity (Wildman–Crippen MR) is 281 cm³/mol. The number of aryl methyl sites for hydroxylation is 2. The molecule has 0 saturated heterocycles. The van der Waals surface area contributed by atoms with Gasteiger partial charge in [0.15, 0.2) is 11.5 Å². The van der Waals surface area contributed by atoms with Gasteiger partial charge in [-0.2, -0.15) is 0 Å². The summed E-state index contributed by atoms with van der Waals surface area (Å²) in [5, 5.41) is 3.16. The summed E-state index contributed by atoms with van der Waals surface area (Å²) in [6.45, 7) is 9.81. The van der Waals surface area contributed by atoms with Crippen molar-refractivity contribution in [2.75, 3.05) is 107 Å². The van der Waals surface area contributed by atoms with Crippen molar-refractivity contribution in [2.24, 2.45) is 0 Å². The van der Waals surface area contributed by atoms with E-state index in [1.165, 1.54) is 11.1 Å². The Balaban J connectivity index is 0.984. The molecular weight excluding hydrogens is 911 g/mol. The second-order valence-corrected chi connectivity index (χ2v) is 19.3. The number of likely N-dealkylation sites (N-methyl/N-ethyl adjacent to an activating group) is 2. The van der Waals surface area contributed by atoms with E-state index in [9.17, 15) is 14.4 Å². The minimum Gasteiger partial charge on any atom is -0.493 e. The van der Waals surface area contributed by atoms with E-state index in [-0.39, 0.29) is 42.9 Å². The Morgan fingerprint density at radius 1 is 0.694 bits per heavy atom. The first-order valence-corrected chi connectivity index (χ1v) is 25.5. The van der Waals surface area contributed by atoms with Crippen LogP contribution in [-0.2, 0) is 51.5 Å². The zero-order valence-electron chi connectivity index (χ0n) is 42.5. The minimum absolute atomic E-state index is 0.00568. The summed E-state index contributed by atoms with van der Waals surface area (Å²) in [6, 6.07) is 30.7. The number of ketones is 1. The lowest BCUT2D eigenvalue weighted by Crippen LogP contribution is -2.41. The molecule has 380 valence electrons. The lowest BCUT2D eigenvalue weighted by molar-refractivity contribution is -0.118. The molecule has 5 aromatic rings. The Labute approximate surface area is 424 Å². The van der Waals surface area contributed by atoms with Crippen LogP contribution in [0.4, 0.5) is 22.7 Å². The highest BCUT2D eigenvalue weighted by Gasteiger charge is 2.40. The van der Waals surface area contributed by atoms with E-state index in [0.717, 1.165) is 77.2 Å². The first-order valence-electron chi connectivity index (χ1n) is 25.5. The molecule has 0 unspecified atom stereocenters. The molecule has 2 amide bonds. The number of Topliss-reactive ketones (excluding diaryl/α,β-unsaturated/α-hetero) is 1. The van der Waals surface area contributed by atoms with E-state index in [2.05, 4.69) is 45.4 Å². The summed E-state index contributed by atoms with van der Waals surface area (Å²) in [7, 11) is 5.30. The summed E-state index contributed by atoms with van der Waals surface area (Å²) in [4.78, 5) is 49.7. The second kappa shape index (κ2) is 23.4. The summed E-state index contributed by atoms with van der Waals surface area (Å²) >= 11 is 0. The molecule has 14 nitrogen and oxygen atoms in total. The van der Waals surface area contributed by atoms with Crippen molar-refractivity contribution in [1.82, 2.24) is 5.32 Å². The number of fused-ring (bicyclic) bond motifs is 8. The number of amides is 2. The highest BCUT2D eigenvalue weighted by molar-refractivity contribution is 6.12. The molecule has 1 N–H and O–H groups in total. The number of rotatable bonds is 24. The van der Waals surface area contributed by atoms with Crippen molar-refractivity contribution in [2.45, 2.75) is 77.7 Å². The van der Waals surface area contributed by atoms with Gasteiger partial charge in [-0.15, -0.1) is 0 Å². The number of benzene rings is 5. The number of nitrogens with zero attached hydrogens (tertiary/aromatic N) is 4. The summed E-state index contributed by atoms with van der Waals surface area (Å²) in [5.74, 6) is 1.92. The molecule has 5 aromatic carbocycles. The van der Waals surface area contributed by atoms with Crippen LogP contribution < -0.4 is 39.1 Å². The van der Waals surface area contributed by atoms with E-state index >= 15 is 0 Å². The second-order valence-electron chi connectivity index (χ2n) is 19.3. The van der Waals surface area contributed by atoms with Crippen LogP contribution in [0.1, 0.15) is 80.3 Å². The molecule has 4 aliphatic rings. The van der Waals surface area contributed by atoms with Gasteiger partial charge in [-0.25, -0.2) is 0 Å². The largest absolute Gasteiger partial charge is 0.493 e. The lowest BCUT2D eigenvalue weighted by Gasteiger charge is -2.26. The van der Waals surface area contributed by atoms with Crippen molar-refractivity contribution in [3.8, 4) is 17.2 Å². The molecular formula is C58H69N5O9. The number of hydrogen-bond acceptors (Lipinski definition) is 12. The van der Waals surface area contributed by atoms with Gasteiger partial charge >= 0.3 is 0 Å². The van der Waals surface area contributed by atoms with Gasteiger partial charge in [-0.1, -0.05) is 43.3 Å². The smallest absolute Gasteiger partial charge is 0.260 e. The van der Waals surface area contributed by atoms with Crippen molar-refractivity contribution < 1.29 is 42.8 Å². The number of hydrogen-bond donors (Lipinski definition) is 1. The van der Waals surface area contributed by atoms with Crippen molar-refractivity contribution >= 4 is 40.3 Å². The molecule has 0 radical (unpaired) electrons. The topological polar surface area (TPSA) is 132 Å². The van der Waals surface area contributed by atoms with Crippen LogP contribution >= 0.6 is 0 Å². The third kappa shape index (κ3) is 11.3.